The van der Waals surface area contributed by atoms with Crippen molar-refractivity contribution in [3.05, 3.63) is 64.0 Å². The van der Waals surface area contributed by atoms with Crippen LogP contribution in [0.3, 0.4) is 0 Å². The van der Waals surface area contributed by atoms with E-state index in [2.05, 4.69) is 10.3 Å². The van der Waals surface area contributed by atoms with Crippen LogP contribution in [0.1, 0.15) is 10.4 Å². The van der Waals surface area contributed by atoms with E-state index in [-0.39, 0.29) is 10.6 Å². The summed E-state index contributed by atoms with van der Waals surface area (Å²) in [7, 11) is 1.57. The molecular formula is C19H13ClF2N2O4S. The Bertz CT molecular complexity index is 1060. The molecule has 0 aliphatic heterocycles. The van der Waals surface area contributed by atoms with E-state index in [1.54, 1.807) is 24.6 Å². The molecule has 0 radical (unpaired) electrons. The largest absolute Gasteiger partial charge is 0.497 e. The summed E-state index contributed by atoms with van der Waals surface area (Å²) in [5.74, 6) is -3.43. The van der Waals surface area contributed by atoms with Crippen LogP contribution in [0.4, 0.5) is 13.9 Å². The summed E-state index contributed by atoms with van der Waals surface area (Å²) in [6, 6.07) is 8.49. The predicted molar refractivity (Wildman–Crippen MR) is 104 cm³/mol. The fourth-order valence-electron chi connectivity index (χ4n) is 2.27. The Morgan fingerprint density at radius 3 is 2.55 bits per heavy atom. The molecule has 29 heavy (non-hydrogen) atoms. The second-order valence-corrected chi connectivity index (χ2v) is 6.90. The third-order valence-corrected chi connectivity index (χ3v) is 4.77. The van der Waals surface area contributed by atoms with E-state index in [4.69, 9.17) is 21.1 Å². The van der Waals surface area contributed by atoms with Crippen LogP contribution in [0.5, 0.6) is 5.75 Å². The van der Waals surface area contributed by atoms with E-state index in [1.165, 1.54) is 11.3 Å². The molecule has 2 aromatic carbocycles. The molecule has 10 heteroatoms. The van der Waals surface area contributed by atoms with Crippen molar-refractivity contribution in [1.29, 1.82) is 0 Å². The molecule has 1 amide bonds. The highest BCUT2D eigenvalue weighted by molar-refractivity contribution is 7.14. The highest BCUT2D eigenvalue weighted by Gasteiger charge is 2.18. The topological polar surface area (TPSA) is 77.5 Å². The van der Waals surface area contributed by atoms with Gasteiger partial charge in [-0.1, -0.05) is 11.6 Å². The van der Waals surface area contributed by atoms with Gasteiger partial charge < -0.3 is 9.47 Å². The molecule has 1 aromatic heterocycles. The summed E-state index contributed by atoms with van der Waals surface area (Å²) < 4.78 is 36.2. The van der Waals surface area contributed by atoms with Crippen molar-refractivity contribution in [2.24, 2.45) is 0 Å². The van der Waals surface area contributed by atoms with Crippen LogP contribution in [0.15, 0.2) is 41.8 Å². The monoisotopic (exact) mass is 438 g/mol. The molecule has 0 atom stereocenters. The van der Waals surface area contributed by atoms with E-state index in [0.29, 0.717) is 28.7 Å². The average Bonchev–Trinajstić information content (AvgIpc) is 3.17. The molecule has 1 heterocycles. The van der Waals surface area contributed by atoms with Crippen molar-refractivity contribution < 1.29 is 27.8 Å². The standard InChI is InChI=1S/C19H13ClF2N2O4S/c1-27-11-4-2-10(3-5-11)16-9-29-19(23-16)24-17(25)8-28-18(26)12-6-14(21)15(22)7-13(12)20/h2-7,9H,8H2,1H3,(H,23,24,25). The molecular weight excluding hydrogens is 426 g/mol. The van der Waals surface area contributed by atoms with Crippen LogP contribution >= 0.6 is 22.9 Å². The highest BCUT2D eigenvalue weighted by Crippen LogP contribution is 2.26. The van der Waals surface area contributed by atoms with Crippen LogP contribution in [-0.4, -0.2) is 30.6 Å². The maximum atomic E-state index is 13.3. The third-order valence-electron chi connectivity index (χ3n) is 3.70. The summed E-state index contributed by atoms with van der Waals surface area (Å²) >= 11 is 6.89. The number of amides is 1. The molecule has 0 aliphatic rings. The van der Waals surface area contributed by atoms with Crippen LogP contribution in [0.25, 0.3) is 11.3 Å². The number of aromatic nitrogens is 1. The van der Waals surface area contributed by atoms with Gasteiger partial charge in [-0.3, -0.25) is 10.1 Å². The van der Waals surface area contributed by atoms with Gasteiger partial charge >= 0.3 is 5.97 Å². The minimum absolute atomic E-state index is 0.308. The first kappa shape index (κ1) is 20.7. The third kappa shape index (κ3) is 5.07. The quantitative estimate of drug-likeness (QED) is 0.451. The van der Waals surface area contributed by atoms with Gasteiger partial charge in [-0.25, -0.2) is 18.6 Å². The van der Waals surface area contributed by atoms with Crippen molar-refractivity contribution in [3.8, 4) is 17.0 Å². The van der Waals surface area contributed by atoms with Crippen LogP contribution in [0.2, 0.25) is 5.02 Å². The molecule has 3 rings (SSSR count). The Morgan fingerprint density at radius 2 is 1.86 bits per heavy atom. The first-order valence-corrected chi connectivity index (χ1v) is 9.34. The highest BCUT2D eigenvalue weighted by atomic mass is 35.5. The van der Waals surface area contributed by atoms with Crippen LogP contribution in [-0.2, 0) is 9.53 Å². The average molecular weight is 439 g/mol. The van der Waals surface area contributed by atoms with Crippen LogP contribution in [0, 0.1) is 11.6 Å². The number of nitrogens with one attached hydrogen (secondary N) is 1. The van der Waals surface area contributed by atoms with Crippen molar-refractivity contribution in [2.75, 3.05) is 19.0 Å². The van der Waals surface area contributed by atoms with E-state index in [9.17, 15) is 18.4 Å². The summed E-state index contributed by atoms with van der Waals surface area (Å²) in [5, 5.41) is 4.24. The van der Waals surface area contributed by atoms with Gasteiger partial charge in [0, 0.05) is 10.9 Å². The first-order valence-electron chi connectivity index (χ1n) is 8.09. The number of benzene rings is 2. The zero-order valence-corrected chi connectivity index (χ0v) is 16.4. The van der Waals surface area contributed by atoms with Gasteiger partial charge in [-0.15, -0.1) is 11.3 Å². The van der Waals surface area contributed by atoms with E-state index in [1.807, 2.05) is 12.1 Å². The van der Waals surface area contributed by atoms with Gasteiger partial charge in [0.2, 0.25) is 0 Å². The number of rotatable bonds is 6. The van der Waals surface area contributed by atoms with Gasteiger partial charge in [-0.05, 0) is 36.4 Å². The summed E-state index contributed by atoms with van der Waals surface area (Å²) in [6.45, 7) is -0.647. The zero-order chi connectivity index (χ0) is 21.0. The normalized spacial score (nSPS) is 10.5. The fourth-order valence-corrected chi connectivity index (χ4v) is 3.23. The lowest BCUT2D eigenvalue weighted by molar-refractivity contribution is -0.119. The molecule has 0 bridgehead atoms. The summed E-state index contributed by atoms with van der Waals surface area (Å²) in [5.41, 5.74) is 1.11. The van der Waals surface area contributed by atoms with Crippen molar-refractivity contribution in [1.82, 2.24) is 4.98 Å². The second-order valence-electron chi connectivity index (χ2n) is 5.64. The Morgan fingerprint density at radius 1 is 1.17 bits per heavy atom. The smallest absolute Gasteiger partial charge is 0.340 e. The Balaban J connectivity index is 1.58. The molecule has 0 saturated carbocycles. The van der Waals surface area contributed by atoms with Crippen LogP contribution < -0.4 is 10.1 Å². The Hall–Kier alpha value is -3.04. The van der Waals surface area contributed by atoms with Gasteiger partial charge in [0.15, 0.2) is 23.4 Å². The number of methoxy groups -OCH3 is 1. The predicted octanol–water partition coefficient (Wildman–Crippen LogP) is 4.55. The van der Waals surface area contributed by atoms with Gasteiger partial charge in [0.1, 0.15) is 5.75 Å². The number of carbonyl (C=O) groups excluding carboxylic acids is 2. The number of thiazole rings is 1. The number of esters is 1. The van der Waals surface area contributed by atoms with Gasteiger partial charge in [-0.2, -0.15) is 0 Å². The SMILES string of the molecule is COc1ccc(-c2csc(NC(=O)COC(=O)c3cc(F)c(F)cc3Cl)n2)cc1. The second kappa shape index (κ2) is 8.97. The Kier molecular flexibility index (Phi) is 6.40. The lowest BCUT2D eigenvalue weighted by Gasteiger charge is -2.06. The molecule has 6 nitrogen and oxygen atoms in total. The number of anilines is 1. The summed E-state index contributed by atoms with van der Waals surface area (Å²) in [6.07, 6.45) is 0. The summed E-state index contributed by atoms with van der Waals surface area (Å²) in [4.78, 5) is 28.2. The van der Waals surface area contributed by atoms with E-state index in [0.717, 1.165) is 5.56 Å². The number of nitrogens with zero attached hydrogens (tertiary/aromatic N) is 1. The molecule has 0 spiro atoms. The number of carbonyl (C=O) groups is 2. The van der Waals surface area contributed by atoms with Crippen molar-refractivity contribution >= 4 is 39.9 Å². The Labute approximate surface area is 173 Å². The number of hydrogen-bond donors (Lipinski definition) is 1. The molecule has 3 aromatic rings. The molecule has 0 unspecified atom stereocenters. The molecule has 1 N–H and O–H groups in total. The molecule has 0 aliphatic carbocycles. The van der Waals surface area contributed by atoms with Gasteiger partial charge in [0.25, 0.3) is 5.91 Å². The number of hydrogen-bond acceptors (Lipinski definition) is 6. The van der Waals surface area contributed by atoms with E-state index < -0.39 is 30.1 Å². The van der Waals surface area contributed by atoms with E-state index >= 15 is 0 Å². The lowest BCUT2D eigenvalue weighted by Crippen LogP contribution is -2.21. The zero-order valence-electron chi connectivity index (χ0n) is 14.9. The maximum absolute atomic E-state index is 13.3. The molecule has 0 saturated heterocycles. The van der Waals surface area contributed by atoms with Gasteiger partial charge in [0.05, 0.1) is 23.4 Å². The minimum atomic E-state index is -1.25. The first-order chi connectivity index (χ1) is 13.9. The fraction of sp³-hybridized carbons (Fsp3) is 0.105. The molecule has 150 valence electrons. The maximum Gasteiger partial charge on any atom is 0.340 e. The van der Waals surface area contributed by atoms with Crippen molar-refractivity contribution in [2.45, 2.75) is 0 Å². The lowest BCUT2D eigenvalue weighted by atomic mass is 10.2. The van der Waals surface area contributed by atoms with Crippen molar-refractivity contribution in [3.63, 3.8) is 0 Å². The minimum Gasteiger partial charge on any atom is -0.497 e. The number of halogens is 3. The number of ether oxygens (including phenoxy) is 2. The molecule has 0 fully saturated rings.